The molecule has 52 heavy (non-hydrogen) atoms. The topological polar surface area (TPSA) is 328 Å². The van der Waals surface area contributed by atoms with Gasteiger partial charge in [-0.15, -0.1) is 0 Å². The summed E-state index contributed by atoms with van der Waals surface area (Å²) in [5.74, 6) is -2.37. The molecule has 2 aromatic carbocycles. The molecule has 4 heterocycles. The molecular formula is C32H38O20. The van der Waals surface area contributed by atoms with E-state index in [1.165, 1.54) is 24.3 Å². The lowest BCUT2D eigenvalue weighted by Gasteiger charge is -2.47. The Morgan fingerprint density at radius 3 is 1.87 bits per heavy atom. The predicted octanol–water partition coefficient (Wildman–Crippen LogP) is -3.96. The lowest BCUT2D eigenvalue weighted by atomic mass is 9.97. The molecule has 286 valence electrons. The van der Waals surface area contributed by atoms with E-state index in [0.717, 1.165) is 12.1 Å². The Bertz CT molecular complexity index is 1750. The average Bonchev–Trinajstić information content (AvgIpc) is 3.11. The van der Waals surface area contributed by atoms with Gasteiger partial charge in [0.2, 0.25) is 17.5 Å². The highest BCUT2D eigenvalue weighted by Crippen LogP contribution is 2.39. The SMILES string of the molecule is O=c1c(O[C@@H]2O[C@H](CO)[C@H](O)[C@H](O)[C@H]2O[C@@H]2O[C@H](CO)[C@@H](O)[C@H](O)[C@H]2O[C@@H]2OC[C@@H](O)[C@H](O)[C@H]2O)c(-c2ccc(O)cc2)oc2cc(O)cc(O)c12. The minimum Gasteiger partial charge on any atom is -0.508 e. The van der Waals surface area contributed by atoms with Crippen LogP contribution in [0.5, 0.6) is 23.0 Å². The second kappa shape index (κ2) is 15.3. The molecule has 0 radical (unpaired) electrons. The summed E-state index contributed by atoms with van der Waals surface area (Å²) in [6, 6.07) is 7.06. The number of aliphatic hydroxyl groups is 9. The van der Waals surface area contributed by atoms with Gasteiger partial charge in [-0.05, 0) is 24.3 Å². The quantitative estimate of drug-likeness (QED) is 0.0995. The lowest BCUT2D eigenvalue weighted by molar-refractivity contribution is -0.383. The second-order valence-electron chi connectivity index (χ2n) is 12.5. The van der Waals surface area contributed by atoms with Crippen molar-refractivity contribution in [2.24, 2.45) is 0 Å². The van der Waals surface area contributed by atoms with Crippen molar-refractivity contribution in [3.05, 3.63) is 46.6 Å². The molecule has 3 aliphatic heterocycles. The van der Waals surface area contributed by atoms with E-state index in [4.69, 9.17) is 32.8 Å². The first-order chi connectivity index (χ1) is 24.7. The summed E-state index contributed by atoms with van der Waals surface area (Å²) in [5, 5.41) is 124. The number of aromatic hydroxyl groups is 3. The van der Waals surface area contributed by atoms with Crippen LogP contribution >= 0.6 is 0 Å². The van der Waals surface area contributed by atoms with Crippen molar-refractivity contribution in [2.75, 3.05) is 19.8 Å². The van der Waals surface area contributed by atoms with Crippen LogP contribution in [0, 0.1) is 0 Å². The third-order valence-corrected chi connectivity index (χ3v) is 8.97. The van der Waals surface area contributed by atoms with Gasteiger partial charge in [-0.3, -0.25) is 4.79 Å². The summed E-state index contributed by atoms with van der Waals surface area (Å²) in [5.41, 5.74) is -1.21. The Labute approximate surface area is 292 Å². The summed E-state index contributed by atoms with van der Waals surface area (Å²) < 4.78 is 40.0. The van der Waals surface area contributed by atoms with Crippen LogP contribution in [0.1, 0.15) is 0 Å². The van der Waals surface area contributed by atoms with Crippen molar-refractivity contribution in [3.63, 3.8) is 0 Å². The van der Waals surface area contributed by atoms with E-state index in [-0.39, 0.29) is 22.7 Å². The number of hydrogen-bond acceptors (Lipinski definition) is 20. The van der Waals surface area contributed by atoms with E-state index in [9.17, 15) is 66.1 Å². The smallest absolute Gasteiger partial charge is 0.239 e. The van der Waals surface area contributed by atoms with E-state index >= 15 is 0 Å². The molecule has 20 heteroatoms. The molecule has 0 spiro atoms. The van der Waals surface area contributed by atoms with Gasteiger partial charge < -0.3 is 94.1 Å². The number of hydrogen-bond donors (Lipinski definition) is 12. The Hall–Kier alpha value is -3.71. The number of fused-ring (bicyclic) bond motifs is 1. The van der Waals surface area contributed by atoms with Crippen molar-refractivity contribution in [2.45, 2.75) is 86.0 Å². The highest BCUT2D eigenvalue weighted by atomic mass is 16.8. The van der Waals surface area contributed by atoms with Gasteiger partial charge in [-0.25, -0.2) is 0 Å². The van der Waals surface area contributed by atoms with Crippen molar-refractivity contribution >= 4 is 11.0 Å². The molecule has 0 saturated carbocycles. The normalized spacial score (nSPS) is 36.9. The zero-order chi connectivity index (χ0) is 37.6. The molecule has 3 fully saturated rings. The highest BCUT2D eigenvalue weighted by molar-refractivity contribution is 5.88. The highest BCUT2D eigenvalue weighted by Gasteiger charge is 2.54. The number of benzene rings is 2. The van der Waals surface area contributed by atoms with E-state index in [2.05, 4.69) is 0 Å². The van der Waals surface area contributed by atoms with E-state index < -0.39 is 134 Å². The minimum atomic E-state index is -2.04. The lowest BCUT2D eigenvalue weighted by Crippen LogP contribution is -2.66. The van der Waals surface area contributed by atoms with Gasteiger partial charge in [-0.1, -0.05) is 0 Å². The standard InChI is InChI=1S/C32H38O20/c33-7-16-21(41)24(44)29(52-32-28(23(43)20(40)17(8-34)49-32)51-30-25(45)19(39)14(38)9-46-30)31(48-16)50-27-22(42)18-13(37)5-12(36)6-15(18)47-26(27)10-1-3-11(35)4-2-10/h1-6,14,16-17,19-21,23-25,28-41,43-45H,7-9H2/t14-,16-,17-,19+,20-,21+,23+,24+,25-,28-,29-,30+,31+,32+/m1/s1. The summed E-state index contributed by atoms with van der Waals surface area (Å²) >= 11 is 0. The zero-order valence-corrected chi connectivity index (χ0v) is 26.8. The van der Waals surface area contributed by atoms with Gasteiger partial charge in [0, 0.05) is 17.7 Å². The molecule has 0 unspecified atom stereocenters. The molecule has 0 aliphatic carbocycles. The van der Waals surface area contributed by atoms with E-state index in [1.54, 1.807) is 0 Å². The molecule has 0 amide bonds. The van der Waals surface area contributed by atoms with Crippen LogP contribution in [-0.2, 0) is 23.7 Å². The van der Waals surface area contributed by atoms with Crippen LogP contribution in [0.3, 0.4) is 0 Å². The fourth-order valence-corrected chi connectivity index (χ4v) is 6.11. The molecule has 1 aromatic heterocycles. The van der Waals surface area contributed by atoms with Crippen LogP contribution in [-0.4, -0.2) is 167 Å². The predicted molar refractivity (Wildman–Crippen MR) is 167 cm³/mol. The van der Waals surface area contributed by atoms with Crippen molar-refractivity contribution < 1.29 is 94.1 Å². The second-order valence-corrected chi connectivity index (χ2v) is 12.5. The molecule has 3 aromatic rings. The third kappa shape index (κ3) is 7.14. The summed E-state index contributed by atoms with van der Waals surface area (Å²) in [7, 11) is 0. The van der Waals surface area contributed by atoms with Gasteiger partial charge in [-0.2, -0.15) is 0 Å². The largest absolute Gasteiger partial charge is 0.508 e. The van der Waals surface area contributed by atoms with Crippen LogP contribution in [0.4, 0.5) is 0 Å². The summed E-state index contributed by atoms with van der Waals surface area (Å²) in [6.45, 7) is -2.30. The first-order valence-corrected chi connectivity index (χ1v) is 15.9. The zero-order valence-electron chi connectivity index (χ0n) is 26.8. The van der Waals surface area contributed by atoms with E-state index in [1.807, 2.05) is 0 Å². The molecular weight excluding hydrogens is 704 g/mol. The number of ether oxygens (including phenoxy) is 6. The van der Waals surface area contributed by atoms with Crippen LogP contribution < -0.4 is 10.2 Å². The third-order valence-electron chi connectivity index (χ3n) is 8.97. The molecule has 0 bridgehead atoms. The Kier molecular flexibility index (Phi) is 11.2. The minimum absolute atomic E-state index is 0.118. The maximum Gasteiger partial charge on any atom is 0.239 e. The fourth-order valence-electron chi connectivity index (χ4n) is 6.11. The number of rotatable bonds is 9. The van der Waals surface area contributed by atoms with Gasteiger partial charge in [0.05, 0.1) is 19.8 Å². The summed E-state index contributed by atoms with van der Waals surface area (Å²) in [6.07, 6.45) is -25.5. The van der Waals surface area contributed by atoms with Crippen LogP contribution in [0.15, 0.2) is 45.6 Å². The molecule has 3 saturated heterocycles. The van der Waals surface area contributed by atoms with Crippen molar-refractivity contribution in [1.82, 2.24) is 0 Å². The Balaban J connectivity index is 1.40. The van der Waals surface area contributed by atoms with Gasteiger partial charge in [0.1, 0.15) is 89.3 Å². The van der Waals surface area contributed by atoms with Crippen molar-refractivity contribution in [1.29, 1.82) is 0 Å². The monoisotopic (exact) mass is 742 g/mol. The van der Waals surface area contributed by atoms with Gasteiger partial charge in [0.15, 0.2) is 24.4 Å². The van der Waals surface area contributed by atoms with Crippen LogP contribution in [0.2, 0.25) is 0 Å². The number of aliphatic hydroxyl groups excluding tert-OH is 9. The Morgan fingerprint density at radius 1 is 0.673 bits per heavy atom. The summed E-state index contributed by atoms with van der Waals surface area (Å²) in [4.78, 5) is 14.0. The number of phenols is 3. The Morgan fingerprint density at radius 2 is 1.25 bits per heavy atom. The molecule has 20 nitrogen and oxygen atoms in total. The maximum atomic E-state index is 14.0. The van der Waals surface area contributed by atoms with Crippen molar-refractivity contribution in [3.8, 4) is 34.3 Å². The number of phenolic OH excluding ortho intramolecular Hbond substituents is 3. The van der Waals surface area contributed by atoms with Crippen LogP contribution in [0.25, 0.3) is 22.3 Å². The molecule has 6 rings (SSSR count). The molecule has 14 atom stereocenters. The molecule has 12 N–H and O–H groups in total. The van der Waals surface area contributed by atoms with E-state index in [0.29, 0.717) is 0 Å². The molecule has 3 aliphatic rings. The first kappa shape index (κ1) is 38.0. The van der Waals surface area contributed by atoms with Gasteiger partial charge in [0.25, 0.3) is 0 Å². The first-order valence-electron chi connectivity index (χ1n) is 15.9. The van der Waals surface area contributed by atoms with Gasteiger partial charge >= 0.3 is 0 Å². The maximum absolute atomic E-state index is 14.0. The average molecular weight is 743 g/mol. The fraction of sp³-hybridized carbons (Fsp3) is 0.531.